The van der Waals surface area contributed by atoms with Gasteiger partial charge in [-0.3, -0.25) is 4.79 Å². The van der Waals surface area contributed by atoms with Crippen molar-refractivity contribution in [2.75, 3.05) is 18.8 Å². The Morgan fingerprint density at radius 2 is 1.94 bits per heavy atom. The molecule has 1 heterocycles. The molecule has 98 valence electrons. The van der Waals surface area contributed by atoms with E-state index >= 15 is 0 Å². The normalized spacial score (nSPS) is 23.4. The van der Waals surface area contributed by atoms with Crippen LogP contribution in [-0.4, -0.2) is 46.3 Å². The summed E-state index contributed by atoms with van der Waals surface area (Å²) in [5, 5.41) is 18.8. The molecule has 2 atom stereocenters. The molecule has 1 aromatic carbocycles. The standard InChI is InChI=1S/C11H12BrFN2O3/c12-6-2-7(13)8(14)1-5(6)11(18)15-3-9(16)10(17)4-15/h1-2,9-10,16-17H,3-4,14H2/t9-,10+. The zero-order valence-electron chi connectivity index (χ0n) is 9.31. The number of anilines is 1. The number of rotatable bonds is 1. The smallest absolute Gasteiger partial charge is 0.255 e. The number of carbonyl (C=O) groups is 1. The van der Waals surface area contributed by atoms with Gasteiger partial charge in [0.15, 0.2) is 0 Å². The summed E-state index contributed by atoms with van der Waals surface area (Å²) >= 11 is 3.09. The maximum absolute atomic E-state index is 13.2. The summed E-state index contributed by atoms with van der Waals surface area (Å²) in [6.07, 6.45) is -1.91. The molecule has 1 aliphatic heterocycles. The van der Waals surface area contributed by atoms with Crippen molar-refractivity contribution in [1.29, 1.82) is 0 Å². The van der Waals surface area contributed by atoms with Crippen LogP contribution in [0.3, 0.4) is 0 Å². The van der Waals surface area contributed by atoms with Crippen molar-refractivity contribution in [2.24, 2.45) is 0 Å². The first-order valence-corrected chi connectivity index (χ1v) is 6.09. The first-order chi connectivity index (χ1) is 8.40. The van der Waals surface area contributed by atoms with Crippen molar-refractivity contribution in [3.05, 3.63) is 28.0 Å². The lowest BCUT2D eigenvalue weighted by atomic mass is 10.1. The minimum atomic E-state index is -0.953. The highest BCUT2D eigenvalue weighted by Gasteiger charge is 2.33. The molecular weight excluding hydrogens is 307 g/mol. The average Bonchev–Trinajstić information content (AvgIpc) is 2.63. The van der Waals surface area contributed by atoms with Gasteiger partial charge < -0.3 is 20.8 Å². The van der Waals surface area contributed by atoms with Crippen LogP contribution < -0.4 is 5.73 Å². The molecule has 4 N–H and O–H groups in total. The number of amides is 1. The third kappa shape index (κ3) is 2.33. The van der Waals surface area contributed by atoms with E-state index in [9.17, 15) is 19.4 Å². The summed E-state index contributed by atoms with van der Waals surface area (Å²) in [6.45, 7) is 0.0907. The van der Waals surface area contributed by atoms with Crippen LogP contribution in [0.4, 0.5) is 10.1 Å². The maximum atomic E-state index is 13.2. The molecule has 5 nitrogen and oxygen atoms in total. The number of hydrogen-bond donors (Lipinski definition) is 3. The summed E-state index contributed by atoms with van der Waals surface area (Å²) in [7, 11) is 0. The number of hydrogen-bond acceptors (Lipinski definition) is 4. The Morgan fingerprint density at radius 3 is 2.50 bits per heavy atom. The molecule has 1 amide bonds. The second-order valence-corrected chi connectivity index (χ2v) is 5.05. The minimum absolute atomic E-state index is 0.0454. The predicted molar refractivity (Wildman–Crippen MR) is 66.4 cm³/mol. The fourth-order valence-electron chi connectivity index (χ4n) is 1.84. The van der Waals surface area contributed by atoms with Gasteiger partial charge >= 0.3 is 0 Å². The lowest BCUT2D eigenvalue weighted by Crippen LogP contribution is -2.30. The van der Waals surface area contributed by atoms with Gasteiger partial charge in [0.25, 0.3) is 5.91 Å². The van der Waals surface area contributed by atoms with Gasteiger partial charge in [-0.15, -0.1) is 0 Å². The zero-order chi connectivity index (χ0) is 13.4. The van der Waals surface area contributed by atoms with Gasteiger partial charge in [-0.25, -0.2) is 4.39 Å². The number of nitrogens with zero attached hydrogens (tertiary/aromatic N) is 1. The van der Waals surface area contributed by atoms with Crippen LogP contribution >= 0.6 is 15.9 Å². The second kappa shape index (κ2) is 4.83. The fraction of sp³-hybridized carbons (Fsp3) is 0.364. The van der Waals surface area contributed by atoms with Gasteiger partial charge in [0.05, 0.1) is 23.5 Å². The molecule has 1 aromatic rings. The van der Waals surface area contributed by atoms with Gasteiger partial charge in [-0.05, 0) is 28.1 Å². The third-order valence-corrected chi connectivity index (χ3v) is 3.52. The number of β-amino-alcohol motifs (C(OH)–C–C–N with tert-alkyl or cyclic N) is 2. The summed E-state index contributed by atoms with van der Waals surface area (Å²) < 4.78 is 13.5. The summed E-state index contributed by atoms with van der Waals surface area (Å²) in [4.78, 5) is 13.4. The van der Waals surface area contributed by atoms with E-state index in [2.05, 4.69) is 15.9 Å². The Morgan fingerprint density at radius 1 is 1.39 bits per heavy atom. The molecule has 0 aromatic heterocycles. The van der Waals surface area contributed by atoms with Crippen molar-refractivity contribution in [3.8, 4) is 0 Å². The van der Waals surface area contributed by atoms with Gasteiger partial charge in [-0.1, -0.05) is 0 Å². The van der Waals surface area contributed by atoms with E-state index in [1.165, 1.54) is 11.0 Å². The number of benzene rings is 1. The molecule has 0 aliphatic carbocycles. The summed E-state index contributed by atoms with van der Waals surface area (Å²) in [5.41, 5.74) is 5.50. The first-order valence-electron chi connectivity index (χ1n) is 5.30. The Labute approximate surface area is 111 Å². The molecule has 0 unspecified atom stereocenters. The highest BCUT2D eigenvalue weighted by atomic mass is 79.9. The highest BCUT2D eigenvalue weighted by molar-refractivity contribution is 9.10. The van der Waals surface area contributed by atoms with Crippen molar-refractivity contribution < 1.29 is 19.4 Å². The average molecular weight is 319 g/mol. The van der Waals surface area contributed by atoms with Crippen LogP contribution in [0.5, 0.6) is 0 Å². The Bertz CT molecular complexity index is 487. The van der Waals surface area contributed by atoms with E-state index in [0.717, 1.165) is 6.07 Å². The molecule has 1 aliphatic rings. The number of nitrogen functional groups attached to an aromatic ring is 1. The van der Waals surface area contributed by atoms with Crippen molar-refractivity contribution in [1.82, 2.24) is 4.90 Å². The molecule has 0 bridgehead atoms. The van der Waals surface area contributed by atoms with Crippen molar-refractivity contribution >= 4 is 27.5 Å². The molecular formula is C11H12BrFN2O3. The molecule has 0 radical (unpaired) electrons. The van der Waals surface area contributed by atoms with E-state index in [4.69, 9.17) is 5.73 Å². The quantitative estimate of drug-likeness (QED) is 0.652. The van der Waals surface area contributed by atoms with Crippen molar-refractivity contribution in [2.45, 2.75) is 12.2 Å². The number of carbonyl (C=O) groups excluding carboxylic acids is 1. The second-order valence-electron chi connectivity index (χ2n) is 4.20. The van der Waals surface area contributed by atoms with Crippen LogP contribution in [0.2, 0.25) is 0 Å². The first kappa shape index (κ1) is 13.3. The Balaban J connectivity index is 2.27. The number of nitrogens with two attached hydrogens (primary N) is 1. The van der Waals surface area contributed by atoms with E-state index < -0.39 is 23.9 Å². The van der Waals surface area contributed by atoms with E-state index in [0.29, 0.717) is 0 Å². The van der Waals surface area contributed by atoms with Crippen LogP contribution in [0.15, 0.2) is 16.6 Å². The number of likely N-dealkylation sites (tertiary alicyclic amines) is 1. The largest absolute Gasteiger partial charge is 0.396 e. The molecule has 7 heteroatoms. The van der Waals surface area contributed by atoms with Gasteiger partial charge in [0, 0.05) is 17.6 Å². The molecule has 0 spiro atoms. The van der Waals surface area contributed by atoms with Gasteiger partial charge in [0.1, 0.15) is 5.82 Å². The van der Waals surface area contributed by atoms with E-state index in [1.807, 2.05) is 0 Å². The molecule has 0 saturated carbocycles. The SMILES string of the molecule is Nc1cc(C(=O)N2C[C@@H](O)[C@@H](O)C2)c(Br)cc1F. The number of aliphatic hydroxyl groups is 2. The van der Waals surface area contributed by atoms with Gasteiger partial charge in [0.2, 0.25) is 0 Å². The van der Waals surface area contributed by atoms with Gasteiger partial charge in [-0.2, -0.15) is 0 Å². The number of aliphatic hydroxyl groups excluding tert-OH is 2. The highest BCUT2D eigenvalue weighted by Crippen LogP contribution is 2.25. The summed E-state index contributed by atoms with van der Waals surface area (Å²) in [6, 6.07) is 2.35. The summed E-state index contributed by atoms with van der Waals surface area (Å²) in [5.74, 6) is -1.02. The van der Waals surface area contributed by atoms with E-state index in [-0.39, 0.29) is 28.8 Å². The molecule has 1 fully saturated rings. The van der Waals surface area contributed by atoms with Crippen LogP contribution in [0, 0.1) is 5.82 Å². The topological polar surface area (TPSA) is 86.8 Å². The minimum Gasteiger partial charge on any atom is -0.396 e. The van der Waals surface area contributed by atoms with Crippen LogP contribution in [-0.2, 0) is 0 Å². The number of halogens is 2. The zero-order valence-corrected chi connectivity index (χ0v) is 10.9. The lowest BCUT2D eigenvalue weighted by molar-refractivity contribution is 0.0572. The Hall–Kier alpha value is -1.18. The Kier molecular flexibility index (Phi) is 3.56. The monoisotopic (exact) mass is 318 g/mol. The van der Waals surface area contributed by atoms with Crippen molar-refractivity contribution in [3.63, 3.8) is 0 Å². The predicted octanol–water partition coefficient (Wildman–Crippen LogP) is 0.348. The molecule has 2 rings (SSSR count). The fourth-order valence-corrected chi connectivity index (χ4v) is 2.32. The third-order valence-electron chi connectivity index (χ3n) is 2.86. The van der Waals surface area contributed by atoms with E-state index in [1.54, 1.807) is 0 Å². The van der Waals surface area contributed by atoms with Crippen LogP contribution in [0.25, 0.3) is 0 Å². The molecule has 18 heavy (non-hydrogen) atoms. The molecule has 1 saturated heterocycles. The lowest BCUT2D eigenvalue weighted by Gasteiger charge is -2.16. The van der Waals surface area contributed by atoms with Crippen LogP contribution in [0.1, 0.15) is 10.4 Å². The maximum Gasteiger partial charge on any atom is 0.255 e.